The van der Waals surface area contributed by atoms with Crippen molar-refractivity contribution >= 4 is 23.2 Å². The van der Waals surface area contributed by atoms with Crippen molar-refractivity contribution in [2.24, 2.45) is 0 Å². The average molecular weight is 394 g/mol. The topological polar surface area (TPSA) is 52.7 Å². The van der Waals surface area contributed by atoms with Crippen LogP contribution in [-0.4, -0.2) is 42.4 Å². The van der Waals surface area contributed by atoms with Crippen LogP contribution in [0.1, 0.15) is 37.3 Å². The van der Waals surface area contributed by atoms with Crippen LogP contribution in [-0.2, 0) is 9.59 Å². The third-order valence-corrected chi connectivity index (χ3v) is 5.38. The molecule has 0 heterocycles. The van der Waals surface area contributed by atoms with Crippen molar-refractivity contribution in [2.45, 2.75) is 46.1 Å². The molecule has 1 fully saturated rings. The predicted molar refractivity (Wildman–Crippen MR) is 118 cm³/mol. The van der Waals surface area contributed by atoms with Crippen molar-refractivity contribution in [2.75, 3.05) is 29.9 Å². The van der Waals surface area contributed by atoms with Crippen molar-refractivity contribution in [3.63, 3.8) is 0 Å². The smallest absolute Gasteiger partial charge is 0.238 e. The Hall–Kier alpha value is -2.66. The van der Waals surface area contributed by atoms with Crippen LogP contribution in [0.15, 0.2) is 48.5 Å². The molecule has 0 aliphatic heterocycles. The molecule has 0 radical (unpaired) electrons. The van der Waals surface area contributed by atoms with Gasteiger partial charge in [0.25, 0.3) is 0 Å². The summed E-state index contributed by atoms with van der Waals surface area (Å²) in [5.41, 5.74) is 3.96. The number of aryl methyl sites for hydroxylation is 2. The van der Waals surface area contributed by atoms with Crippen LogP contribution in [0.4, 0.5) is 11.4 Å². The van der Waals surface area contributed by atoms with Crippen LogP contribution in [0.5, 0.6) is 0 Å². The first-order valence-electron chi connectivity index (χ1n) is 10.4. The molecule has 5 nitrogen and oxygen atoms in total. The minimum absolute atomic E-state index is 0.0199. The molecule has 3 rings (SSSR count). The van der Waals surface area contributed by atoms with Gasteiger partial charge in [0.1, 0.15) is 0 Å². The summed E-state index contributed by atoms with van der Waals surface area (Å²) < 4.78 is 0. The average Bonchev–Trinajstić information content (AvgIpc) is 3.54. The second-order valence-corrected chi connectivity index (χ2v) is 7.79. The molecule has 1 saturated carbocycles. The lowest BCUT2D eigenvalue weighted by atomic mass is 10.1. The van der Waals surface area contributed by atoms with Gasteiger partial charge in [-0.25, -0.2) is 0 Å². The summed E-state index contributed by atoms with van der Waals surface area (Å²) in [6.07, 6.45) is 2.61. The van der Waals surface area contributed by atoms with Crippen LogP contribution in [0.3, 0.4) is 0 Å². The monoisotopic (exact) mass is 393 g/mol. The predicted octanol–water partition coefficient (Wildman–Crippen LogP) is 4.15. The van der Waals surface area contributed by atoms with Gasteiger partial charge in [0, 0.05) is 36.9 Å². The molecule has 0 saturated heterocycles. The molecule has 2 aromatic rings. The number of para-hydroxylation sites is 1. The van der Waals surface area contributed by atoms with Crippen molar-refractivity contribution < 1.29 is 9.59 Å². The first-order chi connectivity index (χ1) is 14.0. The van der Waals surface area contributed by atoms with E-state index in [2.05, 4.69) is 10.2 Å². The third-order valence-electron chi connectivity index (χ3n) is 5.38. The van der Waals surface area contributed by atoms with E-state index in [1.165, 1.54) is 0 Å². The lowest BCUT2D eigenvalue weighted by Crippen LogP contribution is -2.39. The summed E-state index contributed by atoms with van der Waals surface area (Å²) in [6.45, 7) is 7.56. The highest BCUT2D eigenvalue weighted by Crippen LogP contribution is 2.27. The molecule has 1 aliphatic rings. The number of amides is 2. The first kappa shape index (κ1) is 21.1. The molecule has 0 atom stereocenters. The molecule has 0 unspecified atom stereocenters. The van der Waals surface area contributed by atoms with E-state index >= 15 is 0 Å². The largest absolute Gasteiger partial charge is 0.325 e. The molecule has 2 aromatic carbocycles. The molecule has 0 aromatic heterocycles. The fourth-order valence-electron chi connectivity index (χ4n) is 3.56. The lowest BCUT2D eigenvalue weighted by molar-refractivity contribution is -0.120. The van der Waals surface area contributed by atoms with Crippen LogP contribution in [0, 0.1) is 13.8 Å². The Morgan fingerprint density at radius 3 is 2.45 bits per heavy atom. The van der Waals surface area contributed by atoms with E-state index < -0.39 is 0 Å². The van der Waals surface area contributed by atoms with E-state index in [0.717, 1.165) is 35.3 Å². The second kappa shape index (κ2) is 9.70. The summed E-state index contributed by atoms with van der Waals surface area (Å²) in [4.78, 5) is 29.4. The van der Waals surface area contributed by atoms with Gasteiger partial charge >= 0.3 is 0 Å². The maximum absolute atomic E-state index is 12.8. The van der Waals surface area contributed by atoms with E-state index in [-0.39, 0.29) is 11.8 Å². The first-order valence-corrected chi connectivity index (χ1v) is 10.4. The van der Waals surface area contributed by atoms with Gasteiger partial charge in [0.05, 0.1) is 6.54 Å². The number of carbonyl (C=O) groups is 2. The van der Waals surface area contributed by atoms with Crippen LogP contribution in [0.25, 0.3) is 0 Å². The number of hydrogen-bond donors (Lipinski definition) is 1. The van der Waals surface area contributed by atoms with E-state index in [1.807, 2.05) is 69.3 Å². The Kier molecular flexibility index (Phi) is 7.04. The van der Waals surface area contributed by atoms with Gasteiger partial charge in [-0.3, -0.25) is 14.5 Å². The molecule has 154 valence electrons. The zero-order valence-corrected chi connectivity index (χ0v) is 17.6. The Labute approximate surface area is 173 Å². The minimum Gasteiger partial charge on any atom is -0.325 e. The van der Waals surface area contributed by atoms with Gasteiger partial charge in [0.2, 0.25) is 11.8 Å². The zero-order valence-electron chi connectivity index (χ0n) is 17.6. The highest BCUT2D eigenvalue weighted by atomic mass is 16.2. The Morgan fingerprint density at radius 1 is 1.07 bits per heavy atom. The van der Waals surface area contributed by atoms with E-state index in [9.17, 15) is 9.59 Å². The number of carbonyl (C=O) groups excluding carboxylic acids is 2. The van der Waals surface area contributed by atoms with Crippen molar-refractivity contribution in [3.8, 4) is 0 Å². The number of benzene rings is 2. The summed E-state index contributed by atoms with van der Waals surface area (Å²) >= 11 is 0. The van der Waals surface area contributed by atoms with Gasteiger partial charge in [-0.2, -0.15) is 0 Å². The molecule has 5 heteroatoms. The molecule has 2 amide bonds. The number of nitrogens with one attached hydrogen (secondary N) is 1. The standard InChI is InChI=1S/C24H31N3O2/c1-4-27(21-8-6-5-7-9-21)24(29)14-15-26(20-12-13-20)17-23(28)25-22-16-18(2)10-11-19(22)3/h5-11,16,20H,4,12-15,17H2,1-3H3,(H,25,28). The van der Waals surface area contributed by atoms with Crippen LogP contribution < -0.4 is 10.2 Å². The quantitative estimate of drug-likeness (QED) is 0.696. The van der Waals surface area contributed by atoms with Gasteiger partial charge < -0.3 is 10.2 Å². The Balaban J connectivity index is 1.57. The molecule has 0 bridgehead atoms. The lowest BCUT2D eigenvalue weighted by Gasteiger charge is -2.25. The fraction of sp³-hybridized carbons (Fsp3) is 0.417. The molecule has 29 heavy (non-hydrogen) atoms. The van der Waals surface area contributed by atoms with E-state index in [1.54, 1.807) is 4.90 Å². The highest BCUT2D eigenvalue weighted by Gasteiger charge is 2.31. The fourth-order valence-corrected chi connectivity index (χ4v) is 3.56. The van der Waals surface area contributed by atoms with Crippen molar-refractivity contribution in [3.05, 3.63) is 59.7 Å². The van der Waals surface area contributed by atoms with Gasteiger partial charge in [-0.15, -0.1) is 0 Å². The van der Waals surface area contributed by atoms with Crippen LogP contribution >= 0.6 is 0 Å². The number of hydrogen-bond acceptors (Lipinski definition) is 3. The molecular weight excluding hydrogens is 362 g/mol. The van der Waals surface area contributed by atoms with E-state index in [0.29, 0.717) is 32.1 Å². The SMILES string of the molecule is CCN(C(=O)CCN(CC(=O)Nc1cc(C)ccc1C)C1CC1)c1ccccc1. The maximum atomic E-state index is 12.8. The summed E-state index contributed by atoms with van der Waals surface area (Å²) in [7, 11) is 0. The maximum Gasteiger partial charge on any atom is 0.238 e. The number of rotatable bonds is 9. The molecular formula is C24H31N3O2. The summed E-state index contributed by atoms with van der Waals surface area (Å²) in [5.74, 6) is 0.0766. The van der Waals surface area contributed by atoms with Crippen LogP contribution in [0.2, 0.25) is 0 Å². The number of nitrogens with zero attached hydrogens (tertiary/aromatic N) is 2. The summed E-state index contributed by atoms with van der Waals surface area (Å²) in [5, 5.41) is 3.04. The highest BCUT2D eigenvalue weighted by molar-refractivity contribution is 5.94. The Bertz CT molecular complexity index is 846. The Morgan fingerprint density at radius 2 is 1.79 bits per heavy atom. The third kappa shape index (κ3) is 5.91. The zero-order chi connectivity index (χ0) is 20.8. The number of anilines is 2. The molecule has 1 N–H and O–H groups in total. The van der Waals surface area contributed by atoms with Gasteiger partial charge in [-0.05, 0) is 62.9 Å². The van der Waals surface area contributed by atoms with Gasteiger partial charge in [-0.1, -0.05) is 30.3 Å². The van der Waals surface area contributed by atoms with Gasteiger partial charge in [0.15, 0.2) is 0 Å². The molecule has 0 spiro atoms. The second-order valence-electron chi connectivity index (χ2n) is 7.79. The summed E-state index contributed by atoms with van der Waals surface area (Å²) in [6, 6.07) is 16.2. The van der Waals surface area contributed by atoms with Crippen molar-refractivity contribution in [1.82, 2.24) is 4.90 Å². The minimum atomic E-state index is -0.0199. The van der Waals surface area contributed by atoms with E-state index in [4.69, 9.17) is 0 Å². The van der Waals surface area contributed by atoms with Crippen molar-refractivity contribution in [1.29, 1.82) is 0 Å². The molecule has 1 aliphatic carbocycles. The normalized spacial score (nSPS) is 13.4.